The fourth-order valence-electron chi connectivity index (χ4n) is 1.53. The summed E-state index contributed by atoms with van der Waals surface area (Å²) in [4.78, 5) is 0.556. The normalized spacial score (nSPS) is 12.2. The molecule has 1 rings (SSSR count). The lowest BCUT2D eigenvalue weighted by molar-refractivity contribution is 0.408. The molecular weight excluding hydrogens is 206 g/mol. The number of rotatable bonds is 4. The molecule has 0 radical (unpaired) electrons. The number of nitrogens with two attached hydrogens (primary N) is 1. The summed E-state index contributed by atoms with van der Waals surface area (Å²) in [5.41, 5.74) is 8.03. The standard InChI is InChI=1S/C12H17NOS/c1-8-5-4-6-11(14-3)10(8)7-9(2)12(13)15/h4-6,9H,7H2,1-3H3,(H2,13,15). The van der Waals surface area contributed by atoms with Crippen LogP contribution in [0.3, 0.4) is 0 Å². The van der Waals surface area contributed by atoms with E-state index >= 15 is 0 Å². The van der Waals surface area contributed by atoms with Gasteiger partial charge in [-0.25, -0.2) is 0 Å². The van der Waals surface area contributed by atoms with Crippen LogP contribution in [0.2, 0.25) is 0 Å². The van der Waals surface area contributed by atoms with Gasteiger partial charge in [0.15, 0.2) is 0 Å². The van der Waals surface area contributed by atoms with E-state index in [1.54, 1.807) is 7.11 Å². The molecule has 3 heteroatoms. The summed E-state index contributed by atoms with van der Waals surface area (Å²) in [6.45, 7) is 4.11. The van der Waals surface area contributed by atoms with Crippen LogP contribution in [0.25, 0.3) is 0 Å². The third-order valence-electron chi connectivity index (χ3n) is 2.58. The lowest BCUT2D eigenvalue weighted by Crippen LogP contribution is -2.20. The van der Waals surface area contributed by atoms with Gasteiger partial charge in [-0.3, -0.25) is 0 Å². The van der Waals surface area contributed by atoms with E-state index < -0.39 is 0 Å². The predicted molar refractivity (Wildman–Crippen MR) is 67.4 cm³/mol. The number of aryl methyl sites for hydroxylation is 1. The molecule has 1 unspecified atom stereocenters. The summed E-state index contributed by atoms with van der Waals surface area (Å²) in [5, 5.41) is 0. The van der Waals surface area contributed by atoms with Gasteiger partial charge in [-0.15, -0.1) is 0 Å². The van der Waals surface area contributed by atoms with Crippen LogP contribution in [-0.2, 0) is 6.42 Å². The summed E-state index contributed by atoms with van der Waals surface area (Å²) in [6, 6.07) is 6.03. The molecule has 1 atom stereocenters. The Balaban J connectivity index is 2.97. The summed E-state index contributed by atoms with van der Waals surface area (Å²) in [6.07, 6.45) is 0.838. The minimum absolute atomic E-state index is 0.204. The van der Waals surface area contributed by atoms with Gasteiger partial charge in [-0.1, -0.05) is 31.3 Å². The minimum Gasteiger partial charge on any atom is -0.496 e. The molecule has 0 spiro atoms. The minimum atomic E-state index is 0.204. The Kier molecular flexibility index (Phi) is 4.09. The molecule has 0 aliphatic heterocycles. The van der Waals surface area contributed by atoms with E-state index in [0.717, 1.165) is 12.2 Å². The Hall–Kier alpha value is -1.09. The topological polar surface area (TPSA) is 35.2 Å². The smallest absolute Gasteiger partial charge is 0.122 e. The maximum Gasteiger partial charge on any atom is 0.122 e. The second-order valence-electron chi connectivity index (χ2n) is 3.76. The highest BCUT2D eigenvalue weighted by Crippen LogP contribution is 2.24. The lowest BCUT2D eigenvalue weighted by atomic mass is 9.96. The Morgan fingerprint density at radius 1 is 1.53 bits per heavy atom. The average Bonchev–Trinajstić information content (AvgIpc) is 2.20. The van der Waals surface area contributed by atoms with Crippen molar-refractivity contribution in [2.24, 2.45) is 11.7 Å². The Bertz CT molecular complexity index is 363. The van der Waals surface area contributed by atoms with Gasteiger partial charge in [0.25, 0.3) is 0 Å². The molecular formula is C12H17NOS. The van der Waals surface area contributed by atoms with Gasteiger partial charge in [-0.2, -0.15) is 0 Å². The first-order valence-electron chi connectivity index (χ1n) is 4.98. The molecule has 2 N–H and O–H groups in total. The largest absolute Gasteiger partial charge is 0.496 e. The highest BCUT2D eigenvalue weighted by atomic mass is 32.1. The molecule has 0 fully saturated rings. The fraction of sp³-hybridized carbons (Fsp3) is 0.417. The monoisotopic (exact) mass is 223 g/mol. The number of methoxy groups -OCH3 is 1. The van der Waals surface area contributed by atoms with E-state index in [1.807, 2.05) is 19.1 Å². The predicted octanol–water partition coefficient (Wildman–Crippen LogP) is 2.47. The van der Waals surface area contributed by atoms with Gasteiger partial charge in [0, 0.05) is 5.92 Å². The molecule has 0 aliphatic carbocycles. The van der Waals surface area contributed by atoms with Crippen LogP contribution in [0.5, 0.6) is 5.75 Å². The molecule has 0 saturated heterocycles. The van der Waals surface area contributed by atoms with E-state index in [4.69, 9.17) is 22.7 Å². The Morgan fingerprint density at radius 3 is 2.73 bits per heavy atom. The third kappa shape index (κ3) is 2.93. The summed E-state index contributed by atoms with van der Waals surface area (Å²) < 4.78 is 5.32. The summed E-state index contributed by atoms with van der Waals surface area (Å²) in [7, 11) is 1.68. The fourth-order valence-corrected chi connectivity index (χ4v) is 1.62. The van der Waals surface area contributed by atoms with Crippen molar-refractivity contribution in [3.63, 3.8) is 0 Å². The number of hydrogen-bond acceptors (Lipinski definition) is 2. The van der Waals surface area contributed by atoms with Crippen molar-refractivity contribution in [2.75, 3.05) is 7.11 Å². The van der Waals surface area contributed by atoms with Crippen molar-refractivity contribution in [1.29, 1.82) is 0 Å². The second-order valence-corrected chi connectivity index (χ2v) is 4.23. The van der Waals surface area contributed by atoms with Crippen molar-refractivity contribution in [3.05, 3.63) is 29.3 Å². The summed E-state index contributed by atoms with van der Waals surface area (Å²) in [5.74, 6) is 1.12. The first-order valence-corrected chi connectivity index (χ1v) is 5.39. The zero-order valence-electron chi connectivity index (χ0n) is 9.41. The molecule has 1 aromatic rings. The first-order chi connectivity index (χ1) is 7.06. The van der Waals surface area contributed by atoms with E-state index in [9.17, 15) is 0 Å². The molecule has 0 aliphatic rings. The van der Waals surface area contributed by atoms with Crippen LogP contribution in [0.4, 0.5) is 0 Å². The van der Waals surface area contributed by atoms with E-state index in [1.165, 1.54) is 11.1 Å². The number of ether oxygens (including phenoxy) is 1. The zero-order valence-corrected chi connectivity index (χ0v) is 10.2. The van der Waals surface area contributed by atoms with E-state index in [0.29, 0.717) is 4.99 Å². The summed E-state index contributed by atoms with van der Waals surface area (Å²) >= 11 is 4.98. The van der Waals surface area contributed by atoms with Crippen LogP contribution in [0.1, 0.15) is 18.1 Å². The molecule has 0 heterocycles. The van der Waals surface area contributed by atoms with Crippen LogP contribution < -0.4 is 10.5 Å². The highest BCUT2D eigenvalue weighted by Gasteiger charge is 2.12. The van der Waals surface area contributed by atoms with Crippen molar-refractivity contribution in [3.8, 4) is 5.75 Å². The van der Waals surface area contributed by atoms with E-state index in [-0.39, 0.29) is 5.92 Å². The molecule has 0 aromatic heterocycles. The number of hydrogen-bond donors (Lipinski definition) is 1. The van der Waals surface area contributed by atoms with Crippen molar-refractivity contribution >= 4 is 17.2 Å². The average molecular weight is 223 g/mol. The zero-order chi connectivity index (χ0) is 11.4. The molecule has 15 heavy (non-hydrogen) atoms. The van der Waals surface area contributed by atoms with Crippen LogP contribution in [0, 0.1) is 12.8 Å². The number of thiocarbonyl (C=S) groups is 1. The van der Waals surface area contributed by atoms with Crippen molar-refractivity contribution in [1.82, 2.24) is 0 Å². The lowest BCUT2D eigenvalue weighted by Gasteiger charge is -2.15. The third-order valence-corrected chi connectivity index (χ3v) is 2.99. The van der Waals surface area contributed by atoms with Gasteiger partial charge in [-0.05, 0) is 30.5 Å². The Labute approximate surface area is 96.4 Å². The quantitative estimate of drug-likeness (QED) is 0.796. The molecule has 1 aromatic carbocycles. The van der Waals surface area contributed by atoms with E-state index in [2.05, 4.69) is 13.0 Å². The molecule has 82 valence electrons. The second kappa shape index (κ2) is 5.12. The van der Waals surface area contributed by atoms with Gasteiger partial charge in [0.1, 0.15) is 5.75 Å². The SMILES string of the molecule is COc1cccc(C)c1CC(C)C(N)=S. The van der Waals surface area contributed by atoms with Crippen LogP contribution in [-0.4, -0.2) is 12.1 Å². The molecule has 2 nitrogen and oxygen atoms in total. The van der Waals surface area contributed by atoms with Gasteiger partial charge in [0.2, 0.25) is 0 Å². The van der Waals surface area contributed by atoms with Gasteiger partial charge < -0.3 is 10.5 Å². The molecule has 0 amide bonds. The molecule has 0 bridgehead atoms. The molecule has 0 saturated carbocycles. The maximum atomic E-state index is 5.62. The first kappa shape index (κ1) is 12.0. The van der Waals surface area contributed by atoms with Gasteiger partial charge >= 0.3 is 0 Å². The van der Waals surface area contributed by atoms with Crippen molar-refractivity contribution < 1.29 is 4.74 Å². The van der Waals surface area contributed by atoms with Crippen LogP contribution >= 0.6 is 12.2 Å². The highest BCUT2D eigenvalue weighted by molar-refractivity contribution is 7.80. The van der Waals surface area contributed by atoms with Gasteiger partial charge in [0.05, 0.1) is 12.1 Å². The van der Waals surface area contributed by atoms with Crippen molar-refractivity contribution in [2.45, 2.75) is 20.3 Å². The number of benzene rings is 1. The maximum absolute atomic E-state index is 5.62. The Morgan fingerprint density at radius 2 is 2.20 bits per heavy atom. The van der Waals surface area contributed by atoms with Crippen LogP contribution in [0.15, 0.2) is 18.2 Å².